The minimum atomic E-state index is 0.706. The van der Waals surface area contributed by atoms with Crippen LogP contribution in [0.1, 0.15) is 43.1 Å². The smallest absolute Gasteiger partial charge is 0.0628 e. The third-order valence-corrected chi connectivity index (χ3v) is 4.16. The Morgan fingerprint density at radius 3 is 2.76 bits per heavy atom. The molecule has 0 radical (unpaired) electrons. The van der Waals surface area contributed by atoms with Gasteiger partial charge in [0, 0.05) is 18.8 Å². The first kappa shape index (κ1) is 12.6. The fourth-order valence-corrected chi connectivity index (χ4v) is 2.94. The van der Waals surface area contributed by atoms with E-state index in [0.717, 1.165) is 12.3 Å². The monoisotopic (exact) mass is 235 g/mol. The molecule has 1 aromatic heterocycles. The summed E-state index contributed by atoms with van der Waals surface area (Å²) in [7, 11) is 2.03. The van der Waals surface area contributed by atoms with Crippen molar-refractivity contribution in [2.45, 2.75) is 52.5 Å². The van der Waals surface area contributed by atoms with E-state index in [2.05, 4.69) is 31.2 Å². The van der Waals surface area contributed by atoms with E-state index in [4.69, 9.17) is 0 Å². The third kappa shape index (κ3) is 2.89. The number of nitrogens with one attached hydrogen (secondary N) is 1. The molecule has 2 atom stereocenters. The molecule has 3 nitrogen and oxygen atoms in total. The van der Waals surface area contributed by atoms with Crippen LogP contribution in [0.4, 0.5) is 0 Å². The highest BCUT2D eigenvalue weighted by atomic mass is 15.3. The Kier molecular flexibility index (Phi) is 3.87. The average Bonchev–Trinajstić information content (AvgIpc) is 2.51. The maximum absolute atomic E-state index is 4.49. The van der Waals surface area contributed by atoms with Crippen LogP contribution in [0.15, 0.2) is 0 Å². The van der Waals surface area contributed by atoms with Crippen molar-refractivity contribution in [1.82, 2.24) is 15.1 Å². The van der Waals surface area contributed by atoms with Crippen LogP contribution in [0.3, 0.4) is 0 Å². The van der Waals surface area contributed by atoms with Crippen LogP contribution in [-0.4, -0.2) is 22.4 Å². The Bertz CT molecular complexity index is 381. The highest BCUT2D eigenvalue weighted by Gasteiger charge is 2.19. The first-order chi connectivity index (χ1) is 8.08. The van der Waals surface area contributed by atoms with Crippen molar-refractivity contribution < 1.29 is 0 Å². The zero-order valence-electron chi connectivity index (χ0n) is 11.6. The number of aryl methyl sites for hydroxylation is 2. The van der Waals surface area contributed by atoms with Gasteiger partial charge in [-0.3, -0.25) is 4.68 Å². The van der Waals surface area contributed by atoms with Crippen LogP contribution >= 0.6 is 0 Å². The van der Waals surface area contributed by atoms with Gasteiger partial charge in [-0.05, 0) is 57.6 Å². The summed E-state index contributed by atoms with van der Waals surface area (Å²) in [6.07, 6.45) is 5.08. The van der Waals surface area contributed by atoms with E-state index in [1.807, 2.05) is 11.7 Å². The summed E-state index contributed by atoms with van der Waals surface area (Å²) in [5.74, 6) is 0.886. The van der Waals surface area contributed by atoms with E-state index in [9.17, 15) is 0 Å². The van der Waals surface area contributed by atoms with Crippen LogP contribution in [0, 0.1) is 19.8 Å². The Balaban J connectivity index is 1.93. The molecule has 1 aliphatic rings. The molecule has 1 aromatic rings. The van der Waals surface area contributed by atoms with Crippen LogP contribution in [0.5, 0.6) is 0 Å². The van der Waals surface area contributed by atoms with Gasteiger partial charge in [0.1, 0.15) is 0 Å². The second-order valence-electron chi connectivity index (χ2n) is 5.59. The molecule has 17 heavy (non-hydrogen) atoms. The molecular formula is C14H25N3. The quantitative estimate of drug-likeness (QED) is 0.871. The molecule has 1 N–H and O–H groups in total. The maximum Gasteiger partial charge on any atom is 0.0628 e. The Morgan fingerprint density at radius 2 is 2.18 bits per heavy atom. The fourth-order valence-electron chi connectivity index (χ4n) is 2.94. The van der Waals surface area contributed by atoms with Crippen molar-refractivity contribution >= 4 is 0 Å². The van der Waals surface area contributed by atoms with Crippen molar-refractivity contribution in [3.05, 3.63) is 17.0 Å². The van der Waals surface area contributed by atoms with Gasteiger partial charge in [-0.15, -0.1) is 0 Å². The number of hydrogen-bond donors (Lipinski definition) is 1. The Morgan fingerprint density at radius 1 is 1.41 bits per heavy atom. The van der Waals surface area contributed by atoms with Gasteiger partial charge in [-0.25, -0.2) is 0 Å². The summed E-state index contributed by atoms with van der Waals surface area (Å²) in [4.78, 5) is 0. The first-order valence-corrected chi connectivity index (χ1v) is 6.80. The van der Waals surface area contributed by atoms with Gasteiger partial charge in [-0.1, -0.05) is 6.92 Å². The molecule has 0 saturated carbocycles. The molecule has 2 rings (SSSR count). The molecule has 1 aliphatic heterocycles. The standard InChI is InChI=1S/C14H25N3/c1-10-7-8-15-13(9-10)5-6-14-11(2)16-17(4)12(14)3/h10,13,15H,5-9H2,1-4H3. The molecule has 0 aliphatic carbocycles. The van der Waals surface area contributed by atoms with Gasteiger partial charge in [0.2, 0.25) is 0 Å². The van der Waals surface area contributed by atoms with Crippen molar-refractivity contribution in [3.8, 4) is 0 Å². The molecular weight excluding hydrogens is 210 g/mol. The average molecular weight is 235 g/mol. The summed E-state index contributed by atoms with van der Waals surface area (Å²) in [6, 6.07) is 0.706. The molecule has 1 fully saturated rings. The lowest BCUT2D eigenvalue weighted by Gasteiger charge is -2.28. The van der Waals surface area contributed by atoms with Gasteiger partial charge in [0.25, 0.3) is 0 Å². The van der Waals surface area contributed by atoms with Crippen LogP contribution in [-0.2, 0) is 13.5 Å². The predicted molar refractivity (Wildman–Crippen MR) is 71.2 cm³/mol. The molecule has 1 saturated heterocycles. The van der Waals surface area contributed by atoms with Crippen LogP contribution < -0.4 is 5.32 Å². The summed E-state index contributed by atoms with van der Waals surface area (Å²) in [5, 5.41) is 8.12. The molecule has 3 heteroatoms. The van der Waals surface area contributed by atoms with E-state index < -0.39 is 0 Å². The minimum absolute atomic E-state index is 0.706. The fraction of sp³-hybridized carbons (Fsp3) is 0.786. The second kappa shape index (κ2) is 5.21. The molecule has 96 valence electrons. The highest BCUT2D eigenvalue weighted by Crippen LogP contribution is 2.20. The molecule has 2 unspecified atom stereocenters. The van der Waals surface area contributed by atoms with E-state index in [-0.39, 0.29) is 0 Å². The topological polar surface area (TPSA) is 29.9 Å². The van der Waals surface area contributed by atoms with Crippen molar-refractivity contribution in [3.63, 3.8) is 0 Å². The number of aromatic nitrogens is 2. The maximum atomic E-state index is 4.49. The lowest BCUT2D eigenvalue weighted by Crippen LogP contribution is -2.37. The Labute approximate surface area is 105 Å². The second-order valence-corrected chi connectivity index (χ2v) is 5.59. The van der Waals surface area contributed by atoms with E-state index in [1.54, 1.807) is 0 Å². The van der Waals surface area contributed by atoms with Gasteiger partial charge < -0.3 is 5.32 Å². The lowest BCUT2D eigenvalue weighted by molar-refractivity contribution is 0.308. The number of rotatable bonds is 3. The van der Waals surface area contributed by atoms with Crippen molar-refractivity contribution in [1.29, 1.82) is 0 Å². The molecule has 0 amide bonds. The summed E-state index contributed by atoms with van der Waals surface area (Å²) in [5.41, 5.74) is 3.98. The normalized spacial score (nSPS) is 25.2. The number of piperidine rings is 1. The van der Waals surface area contributed by atoms with Gasteiger partial charge in [0.05, 0.1) is 5.69 Å². The largest absolute Gasteiger partial charge is 0.314 e. The lowest BCUT2D eigenvalue weighted by atomic mass is 9.90. The van der Waals surface area contributed by atoms with E-state index >= 15 is 0 Å². The zero-order valence-corrected chi connectivity index (χ0v) is 11.6. The number of hydrogen-bond acceptors (Lipinski definition) is 2. The Hall–Kier alpha value is -0.830. The van der Waals surface area contributed by atoms with Crippen molar-refractivity contribution in [2.75, 3.05) is 6.54 Å². The summed E-state index contributed by atoms with van der Waals surface area (Å²) < 4.78 is 2.00. The summed E-state index contributed by atoms with van der Waals surface area (Å²) >= 11 is 0. The van der Waals surface area contributed by atoms with Crippen LogP contribution in [0.25, 0.3) is 0 Å². The van der Waals surface area contributed by atoms with Crippen LogP contribution in [0.2, 0.25) is 0 Å². The summed E-state index contributed by atoms with van der Waals surface area (Å²) in [6.45, 7) is 7.86. The highest BCUT2D eigenvalue weighted by molar-refractivity contribution is 5.24. The molecule has 0 bridgehead atoms. The third-order valence-electron chi connectivity index (χ3n) is 4.16. The van der Waals surface area contributed by atoms with E-state index in [1.165, 1.54) is 42.8 Å². The molecule has 0 spiro atoms. The van der Waals surface area contributed by atoms with Crippen molar-refractivity contribution in [2.24, 2.45) is 13.0 Å². The van der Waals surface area contributed by atoms with Gasteiger partial charge >= 0.3 is 0 Å². The molecule has 0 aromatic carbocycles. The van der Waals surface area contributed by atoms with Gasteiger partial charge in [-0.2, -0.15) is 5.10 Å². The zero-order chi connectivity index (χ0) is 12.4. The first-order valence-electron chi connectivity index (χ1n) is 6.80. The molecule has 2 heterocycles. The minimum Gasteiger partial charge on any atom is -0.314 e. The van der Waals surface area contributed by atoms with E-state index in [0.29, 0.717) is 6.04 Å². The number of nitrogens with zero attached hydrogens (tertiary/aromatic N) is 2. The predicted octanol–water partition coefficient (Wildman–Crippen LogP) is 2.36. The van der Waals surface area contributed by atoms with Gasteiger partial charge in [0.15, 0.2) is 0 Å². The SMILES string of the molecule is Cc1nn(C)c(C)c1CCC1CC(C)CCN1.